The van der Waals surface area contributed by atoms with E-state index < -0.39 is 0 Å². The van der Waals surface area contributed by atoms with E-state index in [0.29, 0.717) is 31.7 Å². The van der Waals surface area contributed by atoms with Crippen LogP contribution in [0.3, 0.4) is 0 Å². The topological polar surface area (TPSA) is 62.6 Å². The molecule has 1 aliphatic heterocycles. The largest absolute Gasteiger partial charge is 0.459 e. The van der Waals surface area contributed by atoms with Gasteiger partial charge in [-0.1, -0.05) is 12.1 Å². The molecule has 0 atom stereocenters. The predicted octanol–water partition coefficient (Wildman–Crippen LogP) is 3.39. The van der Waals surface area contributed by atoms with Crippen LogP contribution in [-0.2, 0) is 4.79 Å². The van der Waals surface area contributed by atoms with Crippen molar-refractivity contribution in [3.63, 3.8) is 0 Å². The molecule has 126 valence electrons. The van der Waals surface area contributed by atoms with Crippen molar-refractivity contribution >= 4 is 17.5 Å². The fourth-order valence-corrected chi connectivity index (χ4v) is 3.01. The van der Waals surface area contributed by atoms with Crippen molar-refractivity contribution in [2.24, 2.45) is 5.92 Å². The number of carbonyl (C=O) groups excluding carboxylic acids is 2. The maximum Gasteiger partial charge on any atom is 0.289 e. The molecule has 2 aromatic rings. The zero-order valence-corrected chi connectivity index (χ0v) is 14.0. The summed E-state index contributed by atoms with van der Waals surface area (Å²) in [6.45, 7) is 5.14. The number of hydrogen-bond donors (Lipinski definition) is 1. The van der Waals surface area contributed by atoms with Crippen LogP contribution in [0.4, 0.5) is 5.69 Å². The number of nitrogens with one attached hydrogen (secondary N) is 1. The lowest BCUT2D eigenvalue weighted by atomic mass is 9.95. The van der Waals surface area contributed by atoms with Crippen molar-refractivity contribution in [1.29, 1.82) is 0 Å². The second kappa shape index (κ2) is 6.91. The Morgan fingerprint density at radius 3 is 2.58 bits per heavy atom. The predicted molar refractivity (Wildman–Crippen MR) is 91.9 cm³/mol. The molecule has 0 unspecified atom stereocenters. The molecule has 0 radical (unpaired) electrons. The zero-order chi connectivity index (χ0) is 17.1. The van der Waals surface area contributed by atoms with Crippen LogP contribution in [0.15, 0.2) is 41.0 Å². The highest BCUT2D eigenvalue weighted by molar-refractivity contribution is 5.94. The fraction of sp³-hybridized carbons (Fsp3) is 0.368. The van der Waals surface area contributed by atoms with E-state index in [4.69, 9.17) is 4.42 Å². The molecule has 0 saturated carbocycles. The van der Waals surface area contributed by atoms with Gasteiger partial charge in [0.05, 0.1) is 6.26 Å². The van der Waals surface area contributed by atoms with E-state index in [1.54, 1.807) is 17.0 Å². The van der Waals surface area contributed by atoms with Gasteiger partial charge in [0.25, 0.3) is 5.91 Å². The number of anilines is 1. The van der Waals surface area contributed by atoms with Gasteiger partial charge in [-0.2, -0.15) is 0 Å². The monoisotopic (exact) mass is 326 g/mol. The fourth-order valence-electron chi connectivity index (χ4n) is 3.01. The van der Waals surface area contributed by atoms with Gasteiger partial charge in [-0.05, 0) is 56.0 Å². The summed E-state index contributed by atoms with van der Waals surface area (Å²) in [7, 11) is 0. The molecule has 5 heteroatoms. The average Bonchev–Trinajstić information content (AvgIpc) is 3.12. The van der Waals surface area contributed by atoms with E-state index in [2.05, 4.69) is 5.32 Å². The van der Waals surface area contributed by atoms with Gasteiger partial charge < -0.3 is 14.6 Å². The normalized spacial score (nSPS) is 15.3. The van der Waals surface area contributed by atoms with E-state index >= 15 is 0 Å². The second-order valence-electron chi connectivity index (χ2n) is 6.35. The molecule has 1 aromatic carbocycles. The first-order valence-electron chi connectivity index (χ1n) is 8.25. The highest BCUT2D eigenvalue weighted by atomic mass is 16.3. The lowest BCUT2D eigenvalue weighted by Crippen LogP contribution is -2.41. The molecule has 2 heterocycles. The average molecular weight is 326 g/mol. The summed E-state index contributed by atoms with van der Waals surface area (Å²) in [6, 6.07) is 9.40. The molecule has 2 amide bonds. The number of carbonyl (C=O) groups is 2. The first-order valence-corrected chi connectivity index (χ1v) is 8.25. The maximum absolute atomic E-state index is 12.5. The number of piperidine rings is 1. The molecule has 24 heavy (non-hydrogen) atoms. The van der Waals surface area contributed by atoms with Crippen LogP contribution in [0.1, 0.15) is 34.5 Å². The Balaban J connectivity index is 1.57. The van der Waals surface area contributed by atoms with Crippen LogP contribution in [0.2, 0.25) is 0 Å². The van der Waals surface area contributed by atoms with E-state index in [1.807, 2.05) is 32.0 Å². The van der Waals surface area contributed by atoms with Gasteiger partial charge in [-0.15, -0.1) is 0 Å². The molecule has 0 bridgehead atoms. The van der Waals surface area contributed by atoms with Crippen molar-refractivity contribution in [2.75, 3.05) is 18.4 Å². The molecule has 3 rings (SSSR count). The molecule has 1 fully saturated rings. The van der Waals surface area contributed by atoms with Crippen LogP contribution in [0.25, 0.3) is 0 Å². The van der Waals surface area contributed by atoms with Crippen LogP contribution < -0.4 is 5.32 Å². The Labute approximate surface area is 141 Å². The Morgan fingerprint density at radius 1 is 1.17 bits per heavy atom. The molecule has 0 spiro atoms. The number of benzene rings is 1. The van der Waals surface area contributed by atoms with Crippen molar-refractivity contribution in [2.45, 2.75) is 26.7 Å². The number of hydrogen-bond acceptors (Lipinski definition) is 3. The van der Waals surface area contributed by atoms with Crippen molar-refractivity contribution in [3.05, 3.63) is 53.5 Å². The second-order valence-corrected chi connectivity index (χ2v) is 6.35. The number of nitrogens with zero attached hydrogens (tertiary/aromatic N) is 1. The summed E-state index contributed by atoms with van der Waals surface area (Å²) in [5.74, 6) is 0.223. The van der Waals surface area contributed by atoms with Crippen molar-refractivity contribution in [1.82, 2.24) is 4.90 Å². The summed E-state index contributed by atoms with van der Waals surface area (Å²) in [5.41, 5.74) is 3.04. The highest BCUT2D eigenvalue weighted by Gasteiger charge is 2.28. The highest BCUT2D eigenvalue weighted by Crippen LogP contribution is 2.23. The van der Waals surface area contributed by atoms with Crippen molar-refractivity contribution in [3.8, 4) is 0 Å². The van der Waals surface area contributed by atoms with Gasteiger partial charge in [-0.25, -0.2) is 0 Å². The number of furan rings is 1. The zero-order valence-electron chi connectivity index (χ0n) is 14.0. The van der Waals surface area contributed by atoms with Gasteiger partial charge in [-0.3, -0.25) is 9.59 Å². The molecule has 0 aliphatic carbocycles. The summed E-state index contributed by atoms with van der Waals surface area (Å²) in [5, 5.41) is 3.03. The van der Waals surface area contributed by atoms with Crippen LogP contribution in [0.5, 0.6) is 0 Å². The number of likely N-dealkylation sites (tertiary alicyclic amines) is 1. The van der Waals surface area contributed by atoms with Crippen molar-refractivity contribution < 1.29 is 14.0 Å². The quantitative estimate of drug-likeness (QED) is 0.940. The summed E-state index contributed by atoms with van der Waals surface area (Å²) >= 11 is 0. The minimum absolute atomic E-state index is 0.0359. The molecule has 1 saturated heterocycles. The lowest BCUT2D eigenvalue weighted by molar-refractivity contribution is -0.121. The summed E-state index contributed by atoms with van der Waals surface area (Å²) in [4.78, 5) is 26.5. The lowest BCUT2D eigenvalue weighted by Gasteiger charge is -2.30. The van der Waals surface area contributed by atoms with Gasteiger partial charge in [0.1, 0.15) is 0 Å². The Morgan fingerprint density at radius 2 is 1.92 bits per heavy atom. The van der Waals surface area contributed by atoms with Gasteiger partial charge in [0, 0.05) is 24.7 Å². The standard InChI is InChI=1S/C19H22N2O3/c1-13-5-6-14(2)16(12-13)20-18(22)15-7-9-21(10-8-15)19(23)17-4-3-11-24-17/h3-6,11-12,15H,7-10H2,1-2H3,(H,20,22). The Hall–Kier alpha value is -2.56. The van der Waals surface area contributed by atoms with Crippen LogP contribution in [0, 0.1) is 19.8 Å². The third-order valence-corrected chi connectivity index (χ3v) is 4.54. The first-order chi connectivity index (χ1) is 11.5. The molecular weight excluding hydrogens is 304 g/mol. The molecular formula is C19H22N2O3. The minimum atomic E-state index is -0.103. The summed E-state index contributed by atoms with van der Waals surface area (Å²) in [6.07, 6.45) is 2.84. The van der Waals surface area contributed by atoms with Gasteiger partial charge in [0.15, 0.2) is 5.76 Å². The van der Waals surface area contributed by atoms with E-state index in [0.717, 1.165) is 16.8 Å². The van der Waals surface area contributed by atoms with Gasteiger partial charge >= 0.3 is 0 Å². The van der Waals surface area contributed by atoms with E-state index in [-0.39, 0.29) is 17.7 Å². The number of aryl methyl sites for hydroxylation is 2. The maximum atomic E-state index is 12.5. The minimum Gasteiger partial charge on any atom is -0.459 e. The third kappa shape index (κ3) is 3.50. The molecule has 1 aliphatic rings. The van der Waals surface area contributed by atoms with E-state index in [1.165, 1.54) is 6.26 Å². The molecule has 1 aromatic heterocycles. The van der Waals surface area contributed by atoms with Crippen LogP contribution in [-0.4, -0.2) is 29.8 Å². The van der Waals surface area contributed by atoms with Crippen LogP contribution >= 0.6 is 0 Å². The van der Waals surface area contributed by atoms with E-state index in [9.17, 15) is 9.59 Å². The third-order valence-electron chi connectivity index (χ3n) is 4.54. The Bertz CT molecular complexity index is 729. The number of rotatable bonds is 3. The molecule has 5 nitrogen and oxygen atoms in total. The first kappa shape index (κ1) is 16.3. The Kier molecular flexibility index (Phi) is 4.69. The number of amides is 2. The molecule has 1 N–H and O–H groups in total. The smallest absolute Gasteiger partial charge is 0.289 e. The summed E-state index contributed by atoms with van der Waals surface area (Å²) < 4.78 is 5.16. The SMILES string of the molecule is Cc1ccc(C)c(NC(=O)C2CCN(C(=O)c3ccco3)CC2)c1. The van der Waals surface area contributed by atoms with Gasteiger partial charge in [0.2, 0.25) is 5.91 Å².